The molecule has 1 aromatic rings. The van der Waals surface area contributed by atoms with Gasteiger partial charge in [-0.1, -0.05) is 26.0 Å². The molecule has 0 aromatic heterocycles. The minimum absolute atomic E-state index is 0.0526. The molecule has 6 nitrogen and oxygen atoms in total. The number of hydrogen-bond donors (Lipinski definition) is 2. The van der Waals surface area contributed by atoms with E-state index in [0.717, 1.165) is 63.5 Å². The third-order valence-electron chi connectivity index (χ3n) is 13.1. The molecule has 4 saturated carbocycles. The minimum Gasteiger partial charge on any atom is -0.393 e. The van der Waals surface area contributed by atoms with Gasteiger partial charge in [-0.2, -0.15) is 17.5 Å². The number of aliphatic hydroxyl groups is 2. The lowest BCUT2D eigenvalue weighted by atomic mass is 9.44. The van der Waals surface area contributed by atoms with Crippen molar-refractivity contribution in [3.63, 3.8) is 0 Å². The van der Waals surface area contributed by atoms with Crippen LogP contribution in [0.1, 0.15) is 91.0 Å². The Morgan fingerprint density at radius 1 is 0.907 bits per heavy atom. The van der Waals surface area contributed by atoms with Crippen LogP contribution >= 0.6 is 0 Å². The Morgan fingerprint density at radius 3 is 2.33 bits per heavy atom. The van der Waals surface area contributed by atoms with Gasteiger partial charge in [0.25, 0.3) is 0 Å². The number of fused-ring (bicyclic) bond motifs is 5. The fourth-order valence-corrected chi connectivity index (χ4v) is 12.5. The van der Waals surface area contributed by atoms with E-state index in [-0.39, 0.29) is 29.5 Å². The topological polar surface area (TPSA) is 81.1 Å². The van der Waals surface area contributed by atoms with E-state index in [2.05, 4.69) is 18.7 Å². The van der Waals surface area contributed by atoms with Crippen molar-refractivity contribution in [1.82, 2.24) is 9.21 Å². The molecule has 10 heteroatoms. The number of sulfonamides is 1. The average Bonchev–Trinajstić information content (AvgIpc) is 3.24. The molecule has 1 aliphatic heterocycles. The van der Waals surface area contributed by atoms with Crippen molar-refractivity contribution in [3.05, 3.63) is 29.8 Å². The third kappa shape index (κ3) is 5.19. The van der Waals surface area contributed by atoms with Crippen LogP contribution in [-0.4, -0.2) is 71.3 Å². The Morgan fingerprint density at radius 2 is 1.60 bits per heavy atom. The lowest BCUT2D eigenvalue weighted by Gasteiger charge is -2.62. The van der Waals surface area contributed by atoms with Gasteiger partial charge in [-0.15, -0.1) is 0 Å². The summed E-state index contributed by atoms with van der Waals surface area (Å²) in [5.74, 6) is 2.31. The second-order valence-corrected chi connectivity index (χ2v) is 17.3. The van der Waals surface area contributed by atoms with Gasteiger partial charge in [-0.25, -0.2) is 8.42 Å². The van der Waals surface area contributed by atoms with E-state index in [0.29, 0.717) is 43.2 Å². The van der Waals surface area contributed by atoms with Gasteiger partial charge in [0.1, 0.15) is 0 Å². The number of rotatable bonds is 4. The quantitative estimate of drug-likeness (QED) is 0.434. The first-order chi connectivity index (χ1) is 20.0. The highest BCUT2D eigenvalue weighted by Crippen LogP contribution is 2.67. The van der Waals surface area contributed by atoms with E-state index in [4.69, 9.17) is 0 Å². The van der Waals surface area contributed by atoms with E-state index in [1.807, 2.05) is 6.92 Å². The lowest BCUT2D eigenvalue weighted by molar-refractivity contribution is -0.161. The molecule has 0 radical (unpaired) electrons. The van der Waals surface area contributed by atoms with Gasteiger partial charge in [0, 0.05) is 31.7 Å². The number of halogens is 3. The zero-order valence-electron chi connectivity index (χ0n) is 26.0. The summed E-state index contributed by atoms with van der Waals surface area (Å²) in [6.45, 7) is 9.28. The summed E-state index contributed by atoms with van der Waals surface area (Å²) in [6, 6.07) is 3.61. The number of benzene rings is 1. The maximum absolute atomic E-state index is 13.7. The highest BCUT2D eigenvalue weighted by molar-refractivity contribution is 7.89. The van der Waals surface area contributed by atoms with Gasteiger partial charge in [0.2, 0.25) is 10.0 Å². The van der Waals surface area contributed by atoms with Crippen molar-refractivity contribution in [1.29, 1.82) is 0 Å². The van der Waals surface area contributed by atoms with Crippen LogP contribution in [0, 0.1) is 34.5 Å². The fourth-order valence-electron chi connectivity index (χ4n) is 10.6. The molecule has 1 saturated heterocycles. The summed E-state index contributed by atoms with van der Waals surface area (Å²) < 4.78 is 69.3. The summed E-state index contributed by atoms with van der Waals surface area (Å²) in [7, 11) is -4.37. The predicted molar refractivity (Wildman–Crippen MR) is 159 cm³/mol. The van der Waals surface area contributed by atoms with Crippen LogP contribution in [-0.2, 0) is 16.2 Å². The van der Waals surface area contributed by atoms with Crippen molar-refractivity contribution in [2.75, 3.05) is 19.6 Å². The van der Waals surface area contributed by atoms with Gasteiger partial charge in [0.05, 0.1) is 22.2 Å². The highest BCUT2D eigenvalue weighted by Gasteiger charge is 2.61. The molecule has 4 aliphatic carbocycles. The van der Waals surface area contributed by atoms with Crippen LogP contribution in [0.4, 0.5) is 13.2 Å². The van der Waals surface area contributed by atoms with Crippen molar-refractivity contribution < 1.29 is 31.8 Å². The number of alkyl halides is 3. The Balaban J connectivity index is 1.14. The van der Waals surface area contributed by atoms with Crippen molar-refractivity contribution in [3.8, 4) is 0 Å². The molecule has 0 bridgehead atoms. The zero-order chi connectivity index (χ0) is 31.2. The zero-order valence-corrected chi connectivity index (χ0v) is 26.8. The second-order valence-electron chi connectivity index (χ2n) is 15.4. The van der Waals surface area contributed by atoms with Crippen molar-refractivity contribution in [2.45, 2.75) is 120 Å². The van der Waals surface area contributed by atoms with Crippen molar-refractivity contribution in [2.24, 2.45) is 34.5 Å². The summed E-state index contributed by atoms with van der Waals surface area (Å²) >= 11 is 0. The van der Waals surface area contributed by atoms with E-state index >= 15 is 0 Å². The smallest absolute Gasteiger partial charge is 0.393 e. The van der Waals surface area contributed by atoms with Gasteiger partial charge < -0.3 is 10.2 Å². The summed E-state index contributed by atoms with van der Waals surface area (Å²) in [6.07, 6.45) is 4.00. The summed E-state index contributed by atoms with van der Waals surface area (Å²) in [4.78, 5) is 1.44. The molecule has 0 amide bonds. The van der Waals surface area contributed by atoms with Crippen molar-refractivity contribution >= 4 is 10.0 Å². The maximum atomic E-state index is 13.7. The molecule has 10 atom stereocenters. The van der Waals surface area contributed by atoms with E-state index in [9.17, 15) is 31.8 Å². The standard InChI is InChI=1S/C33H49F3N2O4S/c1-21-19-38(43(41,42)28-8-6-5-7-27(28)33(34,35)36)22(2)18-37(21)20-32(40)16-15-30(3)23(17-32)9-10-24-25-11-12-29(39)31(25,4)14-13-26(24)30/h5-8,21-26,29,39-40H,9-20H2,1-4H3/t21?,22?,23-,24-,25-,26-,29-,30-,31-,32+/m0/s1. The molecule has 5 aliphatic rings. The van der Waals surface area contributed by atoms with Crippen LogP contribution in [0.15, 0.2) is 29.2 Å². The molecule has 1 heterocycles. The SMILES string of the molecule is CC1CN(S(=O)(=O)c2ccccc2C(F)(F)F)C(C)CN1C[C@@]1(O)CC[C@@]2(C)[C@@H](CC[C@@H]3[C@@H]2CC[C@]2(C)[C@@H](O)CC[C@@H]32)C1. The van der Waals surface area contributed by atoms with Gasteiger partial charge in [-0.3, -0.25) is 4.90 Å². The maximum Gasteiger partial charge on any atom is 0.417 e. The van der Waals surface area contributed by atoms with Gasteiger partial charge in [-0.05, 0) is 118 Å². The first kappa shape index (κ1) is 31.8. The molecule has 6 rings (SSSR count). The molecule has 1 aromatic carbocycles. The third-order valence-corrected chi connectivity index (χ3v) is 15.1. The Hall–Kier alpha value is -1.20. The summed E-state index contributed by atoms with van der Waals surface area (Å²) in [5, 5.41) is 22.8. The van der Waals surface area contributed by atoms with Crippen LogP contribution in [0.3, 0.4) is 0 Å². The van der Waals surface area contributed by atoms with Crippen LogP contribution < -0.4 is 0 Å². The Bertz CT molecular complexity index is 1330. The Kier molecular flexibility index (Phi) is 7.89. The number of hydrogen-bond acceptors (Lipinski definition) is 5. The van der Waals surface area contributed by atoms with E-state index in [1.165, 1.54) is 16.4 Å². The van der Waals surface area contributed by atoms with Crippen LogP contribution in [0.2, 0.25) is 0 Å². The first-order valence-corrected chi connectivity index (χ1v) is 17.8. The Labute approximate surface area is 255 Å². The van der Waals surface area contributed by atoms with Crippen LogP contribution in [0.25, 0.3) is 0 Å². The molecule has 2 unspecified atom stereocenters. The van der Waals surface area contributed by atoms with E-state index in [1.54, 1.807) is 6.92 Å². The van der Waals surface area contributed by atoms with E-state index < -0.39 is 38.3 Å². The normalized spacial score (nSPS) is 44.4. The molecular weight excluding hydrogens is 577 g/mol. The predicted octanol–water partition coefficient (Wildman–Crippen LogP) is 5.92. The van der Waals surface area contributed by atoms with Crippen LogP contribution in [0.5, 0.6) is 0 Å². The first-order valence-electron chi connectivity index (χ1n) is 16.3. The molecule has 5 fully saturated rings. The summed E-state index contributed by atoms with van der Waals surface area (Å²) in [5.41, 5.74) is -1.78. The highest BCUT2D eigenvalue weighted by atomic mass is 32.2. The number of β-amino-alcohol motifs (C(OH)–C–C–N with tert-alkyl or cyclic N) is 1. The van der Waals surface area contributed by atoms with Gasteiger partial charge >= 0.3 is 6.18 Å². The lowest BCUT2D eigenvalue weighted by Crippen LogP contribution is -2.62. The largest absolute Gasteiger partial charge is 0.417 e. The number of aliphatic hydroxyl groups excluding tert-OH is 1. The average molecular weight is 627 g/mol. The number of piperazine rings is 1. The minimum atomic E-state index is -4.77. The molecular formula is C33H49F3N2O4S. The molecule has 43 heavy (non-hydrogen) atoms. The molecule has 242 valence electrons. The second kappa shape index (κ2) is 10.7. The number of nitrogens with zero attached hydrogens (tertiary/aromatic N) is 2. The monoisotopic (exact) mass is 626 g/mol. The fraction of sp³-hybridized carbons (Fsp3) is 0.818. The van der Waals surface area contributed by atoms with Gasteiger partial charge in [0.15, 0.2) is 0 Å². The molecule has 2 N–H and O–H groups in total. The molecule has 0 spiro atoms.